The van der Waals surface area contributed by atoms with Crippen molar-refractivity contribution in [2.24, 2.45) is 11.7 Å². The van der Waals surface area contributed by atoms with Gasteiger partial charge in [0.25, 0.3) is 5.69 Å². The highest BCUT2D eigenvalue weighted by atomic mass is 35.5. The van der Waals surface area contributed by atoms with Gasteiger partial charge in [0.2, 0.25) is 10.0 Å². The van der Waals surface area contributed by atoms with Crippen LogP contribution in [0.2, 0.25) is 0 Å². The lowest BCUT2D eigenvalue weighted by Gasteiger charge is -2.20. The molecule has 0 saturated carbocycles. The number of hydrogen-bond acceptors (Lipinski definition) is 5. The third-order valence-electron chi connectivity index (χ3n) is 3.59. The number of sulfonamides is 1. The van der Waals surface area contributed by atoms with Crippen LogP contribution in [0.3, 0.4) is 0 Å². The Morgan fingerprint density at radius 3 is 2.57 bits per heavy atom. The van der Waals surface area contributed by atoms with Crippen LogP contribution in [0.25, 0.3) is 0 Å². The zero-order chi connectivity index (χ0) is 14.9. The van der Waals surface area contributed by atoms with Gasteiger partial charge in [0.15, 0.2) is 4.90 Å². The van der Waals surface area contributed by atoms with Gasteiger partial charge in [0.1, 0.15) is 0 Å². The largest absolute Gasteiger partial charge is 0.330 e. The second kappa shape index (κ2) is 6.69. The van der Waals surface area contributed by atoms with Gasteiger partial charge in [-0.1, -0.05) is 12.1 Å². The van der Waals surface area contributed by atoms with Crippen LogP contribution in [-0.2, 0) is 10.0 Å². The average molecular weight is 336 g/mol. The Kier molecular flexibility index (Phi) is 5.68. The number of hydrogen-bond donors (Lipinski definition) is 1. The molecule has 0 spiro atoms. The van der Waals surface area contributed by atoms with Crippen LogP contribution >= 0.6 is 12.4 Å². The number of nitro benzene ring substituents is 1. The van der Waals surface area contributed by atoms with Crippen molar-refractivity contribution in [3.05, 3.63) is 34.4 Å². The molecule has 0 aliphatic carbocycles. The normalized spacial score (nSPS) is 22.8. The molecule has 1 heterocycles. The van der Waals surface area contributed by atoms with E-state index in [0.29, 0.717) is 19.5 Å². The summed E-state index contributed by atoms with van der Waals surface area (Å²) >= 11 is 0. The summed E-state index contributed by atoms with van der Waals surface area (Å²) in [5.41, 5.74) is 5.20. The summed E-state index contributed by atoms with van der Waals surface area (Å²) in [6.45, 7) is 2.52. The molecule has 0 aromatic heterocycles. The van der Waals surface area contributed by atoms with E-state index < -0.39 is 20.6 Å². The van der Waals surface area contributed by atoms with Crippen LogP contribution in [0.15, 0.2) is 29.2 Å². The molecule has 1 aliphatic rings. The molecule has 9 heteroatoms. The monoisotopic (exact) mass is 335 g/mol. The summed E-state index contributed by atoms with van der Waals surface area (Å²) in [4.78, 5) is 10.1. The minimum Gasteiger partial charge on any atom is -0.330 e. The van der Waals surface area contributed by atoms with Gasteiger partial charge in [-0.15, -0.1) is 12.4 Å². The van der Waals surface area contributed by atoms with E-state index >= 15 is 0 Å². The molecule has 7 nitrogen and oxygen atoms in total. The number of rotatable bonds is 4. The van der Waals surface area contributed by atoms with Crippen LogP contribution in [0, 0.1) is 16.0 Å². The Bertz CT molecular complexity index is 623. The molecule has 1 aliphatic heterocycles. The average Bonchev–Trinajstić information content (AvgIpc) is 2.80. The van der Waals surface area contributed by atoms with E-state index in [4.69, 9.17) is 5.73 Å². The number of halogens is 1. The zero-order valence-electron chi connectivity index (χ0n) is 11.5. The molecule has 0 amide bonds. The van der Waals surface area contributed by atoms with Crippen LogP contribution < -0.4 is 5.73 Å². The van der Waals surface area contributed by atoms with Crippen LogP contribution in [0.1, 0.15) is 13.3 Å². The molecule has 1 saturated heterocycles. The molecule has 0 radical (unpaired) electrons. The maximum absolute atomic E-state index is 12.6. The maximum Gasteiger partial charge on any atom is 0.289 e. The minimum absolute atomic E-state index is 0. The third-order valence-corrected chi connectivity index (χ3v) is 5.61. The minimum atomic E-state index is -3.87. The Labute approximate surface area is 129 Å². The highest BCUT2D eigenvalue weighted by molar-refractivity contribution is 7.89. The number of para-hydroxylation sites is 1. The lowest BCUT2D eigenvalue weighted by Crippen LogP contribution is -2.34. The number of nitrogens with two attached hydrogens (primary N) is 1. The topological polar surface area (TPSA) is 107 Å². The Morgan fingerprint density at radius 1 is 1.43 bits per heavy atom. The Balaban J connectivity index is 0.00000220. The highest BCUT2D eigenvalue weighted by Crippen LogP contribution is 2.32. The quantitative estimate of drug-likeness (QED) is 0.660. The first-order valence-corrected chi connectivity index (χ1v) is 7.77. The molecule has 0 bridgehead atoms. The second-order valence-corrected chi connectivity index (χ2v) is 6.84. The molecule has 1 fully saturated rings. The van der Waals surface area contributed by atoms with Gasteiger partial charge in [-0.05, 0) is 31.9 Å². The van der Waals surface area contributed by atoms with Crippen molar-refractivity contribution in [3.8, 4) is 0 Å². The summed E-state index contributed by atoms with van der Waals surface area (Å²) in [6.07, 6.45) is 0.677. The molecule has 1 aromatic rings. The Morgan fingerprint density at radius 2 is 2.05 bits per heavy atom. The van der Waals surface area contributed by atoms with Crippen LogP contribution in [0.5, 0.6) is 0 Å². The van der Waals surface area contributed by atoms with E-state index in [9.17, 15) is 18.5 Å². The molecule has 2 atom stereocenters. The summed E-state index contributed by atoms with van der Waals surface area (Å²) in [5, 5.41) is 11.0. The van der Waals surface area contributed by atoms with E-state index in [1.807, 2.05) is 0 Å². The molecule has 21 heavy (non-hydrogen) atoms. The summed E-state index contributed by atoms with van der Waals surface area (Å²) in [7, 11) is -3.87. The number of nitrogens with zero attached hydrogens (tertiary/aromatic N) is 2. The Hall–Kier alpha value is -1.22. The van der Waals surface area contributed by atoms with Gasteiger partial charge in [-0.3, -0.25) is 10.1 Å². The van der Waals surface area contributed by atoms with Crippen molar-refractivity contribution in [2.45, 2.75) is 24.3 Å². The molecule has 2 unspecified atom stereocenters. The third kappa shape index (κ3) is 3.34. The molecular formula is C12H18ClN3O4S. The first kappa shape index (κ1) is 17.8. The second-order valence-electron chi connectivity index (χ2n) is 4.99. The van der Waals surface area contributed by atoms with E-state index in [0.717, 1.165) is 0 Å². The fraction of sp³-hybridized carbons (Fsp3) is 0.500. The van der Waals surface area contributed by atoms with Gasteiger partial charge < -0.3 is 5.73 Å². The van der Waals surface area contributed by atoms with Gasteiger partial charge in [0, 0.05) is 18.7 Å². The fourth-order valence-electron chi connectivity index (χ4n) is 2.57. The highest BCUT2D eigenvalue weighted by Gasteiger charge is 2.39. The summed E-state index contributed by atoms with van der Waals surface area (Å²) in [5.74, 6) is 0.0996. The molecule has 2 rings (SSSR count). The van der Waals surface area contributed by atoms with Crippen LogP contribution in [-0.4, -0.2) is 36.8 Å². The lowest BCUT2D eigenvalue weighted by molar-refractivity contribution is -0.387. The number of benzene rings is 1. The van der Waals surface area contributed by atoms with Crippen molar-refractivity contribution in [3.63, 3.8) is 0 Å². The predicted molar refractivity (Wildman–Crippen MR) is 80.9 cm³/mol. The van der Waals surface area contributed by atoms with E-state index in [1.54, 1.807) is 6.92 Å². The SMILES string of the molecule is CC1CC(CN)CN1S(=O)(=O)c1ccccc1[N+](=O)[O-].Cl. The predicted octanol–water partition coefficient (Wildman–Crippen LogP) is 1.37. The summed E-state index contributed by atoms with van der Waals surface area (Å²) in [6, 6.07) is 5.21. The van der Waals surface area contributed by atoms with E-state index in [2.05, 4.69) is 0 Å². The van der Waals surface area contributed by atoms with Crippen molar-refractivity contribution in [2.75, 3.05) is 13.1 Å². The van der Waals surface area contributed by atoms with Crippen molar-refractivity contribution in [1.29, 1.82) is 0 Å². The zero-order valence-corrected chi connectivity index (χ0v) is 13.1. The fourth-order valence-corrected chi connectivity index (χ4v) is 4.44. The van der Waals surface area contributed by atoms with Gasteiger partial charge in [-0.25, -0.2) is 8.42 Å². The van der Waals surface area contributed by atoms with Crippen molar-refractivity contribution in [1.82, 2.24) is 4.31 Å². The van der Waals surface area contributed by atoms with Gasteiger partial charge in [0.05, 0.1) is 4.92 Å². The molecule has 118 valence electrons. The maximum atomic E-state index is 12.6. The lowest BCUT2D eigenvalue weighted by atomic mass is 10.1. The van der Waals surface area contributed by atoms with Gasteiger partial charge in [-0.2, -0.15) is 4.31 Å². The smallest absolute Gasteiger partial charge is 0.289 e. The summed E-state index contributed by atoms with van der Waals surface area (Å²) < 4.78 is 26.5. The van der Waals surface area contributed by atoms with E-state index in [1.165, 1.54) is 28.6 Å². The van der Waals surface area contributed by atoms with Gasteiger partial charge >= 0.3 is 0 Å². The van der Waals surface area contributed by atoms with Crippen molar-refractivity contribution < 1.29 is 13.3 Å². The standard InChI is InChI=1S/C12H17N3O4S.ClH/c1-9-6-10(7-13)8-14(9)20(18,19)12-5-3-2-4-11(12)15(16)17;/h2-5,9-10H,6-8,13H2,1H3;1H. The van der Waals surface area contributed by atoms with Crippen LogP contribution in [0.4, 0.5) is 5.69 Å². The first-order chi connectivity index (χ1) is 9.37. The first-order valence-electron chi connectivity index (χ1n) is 6.33. The molecule has 2 N–H and O–H groups in total. The van der Waals surface area contributed by atoms with E-state index in [-0.39, 0.29) is 29.3 Å². The number of nitro groups is 1. The molecular weight excluding hydrogens is 318 g/mol. The molecule has 1 aromatic carbocycles. The van der Waals surface area contributed by atoms with Crippen molar-refractivity contribution >= 4 is 28.1 Å².